The number of aryl methyl sites for hydroxylation is 1. The highest BCUT2D eigenvalue weighted by Gasteiger charge is 2.29. The Labute approximate surface area is 236 Å². The molecule has 1 unspecified atom stereocenters. The molecular weight excluding hydrogens is 530 g/mol. The molecule has 0 spiro atoms. The molecule has 1 atom stereocenters. The Kier molecular flexibility index (Phi) is 7.84. The van der Waals surface area contributed by atoms with Crippen LogP contribution in [0.15, 0.2) is 48.7 Å². The van der Waals surface area contributed by atoms with Crippen molar-refractivity contribution in [1.82, 2.24) is 19.9 Å². The number of aromatic nitrogens is 3. The molecule has 1 aliphatic rings. The second-order valence-electron chi connectivity index (χ2n) is 9.87. The van der Waals surface area contributed by atoms with E-state index in [-0.39, 0.29) is 34.8 Å². The summed E-state index contributed by atoms with van der Waals surface area (Å²) < 4.78 is 6.78. The van der Waals surface area contributed by atoms with E-state index in [1.54, 1.807) is 43.3 Å². The number of carbonyl (C=O) groups excluding carboxylic acids is 3. The van der Waals surface area contributed by atoms with Gasteiger partial charge in [0.15, 0.2) is 5.65 Å². The van der Waals surface area contributed by atoms with Gasteiger partial charge in [-0.3, -0.25) is 9.59 Å². The van der Waals surface area contributed by atoms with Crippen molar-refractivity contribution in [2.45, 2.75) is 52.5 Å². The van der Waals surface area contributed by atoms with Crippen LogP contribution in [-0.2, 0) is 11.2 Å². The number of unbranched alkanes of at least 4 members (excludes halogenated alkanes) is 1. The van der Waals surface area contributed by atoms with Crippen LogP contribution >= 0.6 is 11.6 Å². The van der Waals surface area contributed by atoms with Crippen LogP contribution in [-0.4, -0.2) is 39.0 Å². The summed E-state index contributed by atoms with van der Waals surface area (Å²) in [6.45, 7) is 6.13. The standard InChI is InChI=1S/C30H30ClN5O4/c1-4-5-14-40-30(39)20-10-11-21-19(18(20)3)12-13-24(21)34-29(38)26-15-17(2)33-27-22(16-32-36(26)27)28(37)35-25-9-7-6-8-23(25)31/h6-11,15-16,24H,4-5,12-14H2,1-3H3,(H,34,38)(H,35,37). The molecule has 0 saturated heterocycles. The van der Waals surface area contributed by atoms with E-state index in [0.29, 0.717) is 35.0 Å². The SMILES string of the molecule is CCCCOC(=O)c1ccc2c(c1C)CCC2NC(=O)c1cc(C)nc2c(C(=O)Nc3ccccc3Cl)cnn12. The summed E-state index contributed by atoms with van der Waals surface area (Å²) in [4.78, 5) is 43.6. The number of nitrogens with zero attached hydrogens (tertiary/aromatic N) is 3. The largest absolute Gasteiger partial charge is 0.462 e. The third-order valence-corrected chi connectivity index (χ3v) is 7.48. The highest BCUT2D eigenvalue weighted by atomic mass is 35.5. The highest BCUT2D eigenvalue weighted by molar-refractivity contribution is 6.34. The van der Waals surface area contributed by atoms with E-state index in [2.05, 4.69) is 20.7 Å². The van der Waals surface area contributed by atoms with Crippen LogP contribution < -0.4 is 10.6 Å². The van der Waals surface area contributed by atoms with Crippen molar-refractivity contribution in [2.75, 3.05) is 11.9 Å². The third-order valence-electron chi connectivity index (χ3n) is 7.15. The van der Waals surface area contributed by atoms with Gasteiger partial charge in [0.2, 0.25) is 0 Å². The summed E-state index contributed by atoms with van der Waals surface area (Å²) in [5.74, 6) is -1.09. The first-order valence-corrected chi connectivity index (χ1v) is 13.7. The molecular formula is C30H30ClN5O4. The Balaban J connectivity index is 1.37. The fraction of sp³-hybridized carbons (Fsp3) is 0.300. The average Bonchev–Trinajstić information content (AvgIpc) is 3.54. The monoisotopic (exact) mass is 559 g/mol. The number of halogens is 1. The number of carbonyl (C=O) groups is 3. The van der Waals surface area contributed by atoms with Gasteiger partial charge in [0, 0.05) is 5.69 Å². The van der Waals surface area contributed by atoms with Gasteiger partial charge in [-0.25, -0.2) is 14.3 Å². The van der Waals surface area contributed by atoms with Crippen LogP contribution in [0.4, 0.5) is 5.69 Å². The lowest BCUT2D eigenvalue weighted by atomic mass is 9.98. The van der Waals surface area contributed by atoms with Crippen LogP contribution in [0.3, 0.4) is 0 Å². The van der Waals surface area contributed by atoms with Gasteiger partial charge in [0.1, 0.15) is 11.3 Å². The van der Waals surface area contributed by atoms with Crippen LogP contribution in [0, 0.1) is 13.8 Å². The molecule has 0 bridgehead atoms. The van der Waals surface area contributed by atoms with Crippen molar-refractivity contribution in [3.8, 4) is 0 Å². The van der Waals surface area contributed by atoms with Gasteiger partial charge in [0.05, 0.1) is 35.1 Å². The number of amides is 2. The zero-order valence-electron chi connectivity index (χ0n) is 22.6. The van der Waals surface area contributed by atoms with Crippen molar-refractivity contribution in [1.29, 1.82) is 0 Å². The zero-order valence-corrected chi connectivity index (χ0v) is 23.3. The lowest BCUT2D eigenvalue weighted by Gasteiger charge is -2.16. The third kappa shape index (κ3) is 5.29. The molecule has 1 aliphatic carbocycles. The number of rotatable bonds is 8. The fourth-order valence-corrected chi connectivity index (χ4v) is 5.21. The summed E-state index contributed by atoms with van der Waals surface area (Å²) in [5.41, 5.74) is 5.28. The van der Waals surface area contributed by atoms with E-state index >= 15 is 0 Å². The zero-order chi connectivity index (χ0) is 28.4. The van der Waals surface area contributed by atoms with Crippen molar-refractivity contribution in [3.63, 3.8) is 0 Å². The summed E-state index contributed by atoms with van der Waals surface area (Å²) in [5, 5.41) is 10.6. The minimum Gasteiger partial charge on any atom is -0.462 e. The molecule has 206 valence electrons. The lowest BCUT2D eigenvalue weighted by Crippen LogP contribution is -2.29. The molecule has 0 aliphatic heterocycles. The highest BCUT2D eigenvalue weighted by Crippen LogP contribution is 2.35. The molecule has 10 heteroatoms. The second kappa shape index (κ2) is 11.5. The maximum atomic E-state index is 13.5. The summed E-state index contributed by atoms with van der Waals surface area (Å²) in [7, 11) is 0. The Bertz CT molecular complexity index is 1630. The number of hydrogen-bond acceptors (Lipinski definition) is 6. The molecule has 2 amide bonds. The Hall–Kier alpha value is -4.24. The molecule has 5 rings (SSSR count). The summed E-state index contributed by atoms with van der Waals surface area (Å²) in [6.07, 6.45) is 4.61. The number of anilines is 1. The topological polar surface area (TPSA) is 115 Å². The Morgan fingerprint density at radius 2 is 1.90 bits per heavy atom. The quantitative estimate of drug-likeness (QED) is 0.214. The number of esters is 1. The summed E-state index contributed by atoms with van der Waals surface area (Å²) >= 11 is 6.19. The second-order valence-corrected chi connectivity index (χ2v) is 10.3. The molecule has 0 fully saturated rings. The Morgan fingerprint density at radius 1 is 1.10 bits per heavy atom. The number of nitrogens with one attached hydrogen (secondary N) is 2. The van der Waals surface area contributed by atoms with Crippen molar-refractivity contribution in [3.05, 3.63) is 92.9 Å². The van der Waals surface area contributed by atoms with E-state index in [0.717, 1.165) is 36.0 Å². The van der Waals surface area contributed by atoms with Crippen LogP contribution in [0.5, 0.6) is 0 Å². The first-order valence-electron chi connectivity index (χ1n) is 13.3. The Morgan fingerprint density at radius 3 is 2.67 bits per heavy atom. The minimum atomic E-state index is -0.434. The maximum Gasteiger partial charge on any atom is 0.338 e. The van der Waals surface area contributed by atoms with E-state index in [9.17, 15) is 14.4 Å². The average molecular weight is 560 g/mol. The lowest BCUT2D eigenvalue weighted by molar-refractivity contribution is 0.0498. The van der Waals surface area contributed by atoms with E-state index in [1.807, 2.05) is 19.9 Å². The van der Waals surface area contributed by atoms with Gasteiger partial charge >= 0.3 is 5.97 Å². The van der Waals surface area contributed by atoms with Gasteiger partial charge in [-0.1, -0.05) is 43.1 Å². The van der Waals surface area contributed by atoms with Gasteiger partial charge in [-0.05, 0) is 74.1 Å². The van der Waals surface area contributed by atoms with Gasteiger partial charge in [-0.2, -0.15) is 5.10 Å². The van der Waals surface area contributed by atoms with Gasteiger partial charge in [-0.15, -0.1) is 0 Å². The van der Waals surface area contributed by atoms with Crippen molar-refractivity contribution in [2.24, 2.45) is 0 Å². The smallest absolute Gasteiger partial charge is 0.338 e. The number of hydrogen-bond donors (Lipinski definition) is 2. The molecule has 9 nitrogen and oxygen atoms in total. The van der Waals surface area contributed by atoms with Crippen LogP contribution in [0.25, 0.3) is 5.65 Å². The van der Waals surface area contributed by atoms with E-state index < -0.39 is 5.91 Å². The molecule has 2 N–H and O–H groups in total. The minimum absolute atomic E-state index is 0.220. The van der Waals surface area contributed by atoms with Gasteiger partial charge < -0.3 is 15.4 Å². The maximum absolute atomic E-state index is 13.5. The number of benzene rings is 2. The van der Waals surface area contributed by atoms with Crippen molar-refractivity contribution < 1.29 is 19.1 Å². The predicted molar refractivity (Wildman–Crippen MR) is 152 cm³/mol. The molecule has 0 radical (unpaired) electrons. The molecule has 4 aromatic rings. The predicted octanol–water partition coefficient (Wildman–Crippen LogP) is 5.63. The molecule has 2 aromatic carbocycles. The molecule has 0 saturated carbocycles. The fourth-order valence-electron chi connectivity index (χ4n) is 5.03. The van der Waals surface area contributed by atoms with Gasteiger partial charge in [0.25, 0.3) is 11.8 Å². The first-order chi connectivity index (χ1) is 19.3. The summed E-state index contributed by atoms with van der Waals surface area (Å²) in [6, 6.07) is 12.0. The van der Waals surface area contributed by atoms with E-state index in [4.69, 9.17) is 16.3 Å². The first kappa shape index (κ1) is 27.3. The number of ether oxygens (including phenoxy) is 1. The molecule has 2 heterocycles. The van der Waals surface area contributed by atoms with E-state index in [1.165, 1.54) is 10.7 Å². The number of fused-ring (bicyclic) bond motifs is 2. The number of para-hydroxylation sites is 1. The van der Waals surface area contributed by atoms with Crippen LogP contribution in [0.2, 0.25) is 5.02 Å². The molecule has 40 heavy (non-hydrogen) atoms. The normalized spacial score (nSPS) is 14.2. The van der Waals surface area contributed by atoms with Crippen molar-refractivity contribution >= 4 is 40.7 Å². The van der Waals surface area contributed by atoms with Crippen LogP contribution in [0.1, 0.15) is 85.8 Å². The molecule has 2 aromatic heterocycles.